The quantitative estimate of drug-likeness (QED) is 0.331. The highest BCUT2D eigenvalue weighted by molar-refractivity contribution is 6.92. The van der Waals surface area contributed by atoms with Gasteiger partial charge in [-0.15, -0.1) is 0 Å². The van der Waals surface area contributed by atoms with Gasteiger partial charge in [0.05, 0.1) is 13.6 Å². The lowest BCUT2D eigenvalue weighted by molar-refractivity contribution is -0.671. The summed E-state index contributed by atoms with van der Waals surface area (Å²) in [6.45, 7) is 13.4. The Morgan fingerprint density at radius 3 is 1.97 bits per heavy atom. The molecule has 1 fully saturated rings. The van der Waals surface area contributed by atoms with E-state index in [1.807, 2.05) is 37.3 Å². The molecule has 0 aliphatic carbocycles. The number of imidazole rings is 1. The maximum atomic E-state index is 10.5. The Morgan fingerprint density at radius 1 is 1.00 bits per heavy atom. The van der Waals surface area contributed by atoms with Crippen LogP contribution in [-0.2, 0) is 38.6 Å². The molecule has 15 heteroatoms. The SMILES string of the molecule is CCCO[Si]1(CCCn2cc[n+](C)c2)O[Si](C)(O[Si](C)(C)O)O[Si](C)(O[Si](C)(C)O)O1. The lowest BCUT2D eigenvalue weighted by atomic mass is 10.5. The second-order valence-corrected chi connectivity index (χ2v) is 24.6. The van der Waals surface area contributed by atoms with Gasteiger partial charge in [0.1, 0.15) is 12.4 Å². The average molecular weight is 528 g/mol. The summed E-state index contributed by atoms with van der Waals surface area (Å²) >= 11 is 0. The van der Waals surface area contributed by atoms with E-state index in [1.165, 1.54) is 0 Å². The first-order valence-corrected chi connectivity index (χ1v) is 22.8. The zero-order valence-corrected chi connectivity index (χ0v) is 25.0. The minimum Gasteiger partial charge on any atom is -0.411 e. The summed E-state index contributed by atoms with van der Waals surface area (Å²) in [5.74, 6) is 0. The molecule has 1 aromatic heterocycles. The first-order valence-electron chi connectivity index (χ1n) is 10.7. The van der Waals surface area contributed by atoms with Crippen LogP contribution in [0.25, 0.3) is 0 Å². The van der Waals surface area contributed by atoms with E-state index in [4.69, 9.17) is 25.0 Å². The van der Waals surface area contributed by atoms with Crippen molar-refractivity contribution in [2.45, 2.75) is 71.6 Å². The van der Waals surface area contributed by atoms with Crippen molar-refractivity contribution in [1.29, 1.82) is 0 Å². The highest BCUT2D eigenvalue weighted by Crippen LogP contribution is 2.37. The van der Waals surface area contributed by atoms with Crippen LogP contribution in [0.1, 0.15) is 19.8 Å². The highest BCUT2D eigenvalue weighted by Gasteiger charge is 2.65. The third-order valence-corrected chi connectivity index (χ3v) is 21.2. The molecule has 180 valence electrons. The summed E-state index contributed by atoms with van der Waals surface area (Å²) in [7, 11) is -14.0. The molecule has 0 spiro atoms. The molecular formula is C16H39N2O8Si5+. The zero-order valence-electron chi connectivity index (χ0n) is 20.0. The third kappa shape index (κ3) is 9.03. The molecule has 10 nitrogen and oxygen atoms in total. The molecule has 0 bridgehead atoms. The fourth-order valence-electron chi connectivity index (χ4n) is 3.56. The van der Waals surface area contributed by atoms with Crippen LogP contribution in [0.4, 0.5) is 0 Å². The van der Waals surface area contributed by atoms with Crippen molar-refractivity contribution >= 4 is 43.5 Å². The van der Waals surface area contributed by atoms with Gasteiger partial charge in [-0.3, -0.25) is 0 Å². The van der Waals surface area contributed by atoms with Crippen molar-refractivity contribution in [1.82, 2.24) is 4.57 Å². The van der Waals surface area contributed by atoms with Crippen LogP contribution in [0.2, 0.25) is 45.3 Å². The third-order valence-electron chi connectivity index (χ3n) is 4.17. The van der Waals surface area contributed by atoms with E-state index in [1.54, 1.807) is 39.3 Å². The first kappa shape index (κ1) is 27.2. The summed E-state index contributed by atoms with van der Waals surface area (Å²) in [6.07, 6.45) is 7.57. The van der Waals surface area contributed by atoms with Crippen LogP contribution in [-0.4, -0.2) is 64.3 Å². The Morgan fingerprint density at radius 2 is 1.55 bits per heavy atom. The molecule has 2 atom stereocenters. The molecule has 2 unspecified atom stereocenters. The number of hydrogen-bond donors (Lipinski definition) is 2. The van der Waals surface area contributed by atoms with Crippen LogP contribution in [0.15, 0.2) is 18.7 Å². The molecule has 1 saturated heterocycles. The lowest BCUT2D eigenvalue weighted by Crippen LogP contribution is -2.74. The summed E-state index contributed by atoms with van der Waals surface area (Å²) in [4.78, 5) is 20.9. The topological polar surface area (TPSA) is 105 Å². The van der Waals surface area contributed by atoms with Crippen molar-refractivity contribution in [2.24, 2.45) is 7.05 Å². The highest BCUT2D eigenvalue weighted by atomic mass is 28.6. The lowest BCUT2D eigenvalue weighted by Gasteiger charge is -2.50. The second kappa shape index (κ2) is 10.1. The Hall–Kier alpha value is -0.0256. The van der Waals surface area contributed by atoms with Crippen LogP contribution in [0, 0.1) is 0 Å². The summed E-state index contributed by atoms with van der Waals surface area (Å²) in [6, 6.07) is 0.553. The molecule has 1 aliphatic heterocycles. The van der Waals surface area contributed by atoms with Gasteiger partial charge in [0.2, 0.25) is 6.33 Å². The predicted molar refractivity (Wildman–Crippen MR) is 125 cm³/mol. The molecule has 2 heterocycles. The van der Waals surface area contributed by atoms with Gasteiger partial charge in [-0.1, -0.05) is 6.92 Å². The van der Waals surface area contributed by atoms with Crippen LogP contribution < -0.4 is 4.57 Å². The normalized spacial score (nSPS) is 30.0. The minimum absolute atomic E-state index is 0.472. The van der Waals surface area contributed by atoms with Gasteiger partial charge in [0.25, 0.3) is 0 Å². The van der Waals surface area contributed by atoms with E-state index in [2.05, 4.69) is 4.57 Å². The van der Waals surface area contributed by atoms with E-state index in [-0.39, 0.29) is 0 Å². The summed E-state index contributed by atoms with van der Waals surface area (Å²) < 4.78 is 41.4. The standard InChI is InChI=1S/C16H39N2O8Si5/c1-9-14-21-31(15-10-11-18-13-12-17(2)16-18)25-29(7,22-27(3,4)19)24-30(8,26-31)23-28(5,6)20/h12-13,16,19-20H,9-11,14-15H2,1-8H3/q+1. The van der Waals surface area contributed by atoms with Gasteiger partial charge in [-0.05, 0) is 39.0 Å². The molecular weight excluding hydrogens is 489 g/mol. The van der Waals surface area contributed by atoms with Gasteiger partial charge in [0.15, 0.2) is 0 Å². The van der Waals surface area contributed by atoms with Crippen molar-refractivity contribution in [3.05, 3.63) is 18.7 Å². The number of nitrogens with zero attached hydrogens (tertiary/aromatic N) is 2. The molecule has 31 heavy (non-hydrogen) atoms. The fourth-order valence-corrected chi connectivity index (χ4v) is 24.4. The molecule has 2 N–H and O–H groups in total. The van der Waals surface area contributed by atoms with Gasteiger partial charge in [-0.25, -0.2) is 9.13 Å². The molecule has 0 amide bonds. The maximum Gasteiger partial charge on any atom is 0.486 e. The molecule has 1 aliphatic rings. The van der Waals surface area contributed by atoms with Crippen molar-refractivity contribution in [3.8, 4) is 0 Å². The number of aryl methyl sites for hydroxylation is 2. The minimum atomic E-state index is -3.36. The van der Waals surface area contributed by atoms with E-state index >= 15 is 0 Å². The number of hydrogen-bond acceptors (Lipinski definition) is 8. The van der Waals surface area contributed by atoms with Crippen LogP contribution >= 0.6 is 0 Å². The largest absolute Gasteiger partial charge is 0.486 e. The van der Waals surface area contributed by atoms with E-state index in [9.17, 15) is 9.59 Å². The Bertz CT molecular complexity index is 698. The Balaban J connectivity index is 2.31. The van der Waals surface area contributed by atoms with Gasteiger partial charge in [-0.2, -0.15) is 0 Å². The summed E-state index contributed by atoms with van der Waals surface area (Å²) in [5, 5.41) is 0. The van der Waals surface area contributed by atoms with Crippen molar-refractivity contribution < 1.29 is 39.2 Å². The van der Waals surface area contributed by atoms with Gasteiger partial charge >= 0.3 is 43.5 Å². The summed E-state index contributed by atoms with van der Waals surface area (Å²) in [5.41, 5.74) is 0. The monoisotopic (exact) mass is 527 g/mol. The smallest absolute Gasteiger partial charge is 0.411 e. The average Bonchev–Trinajstić information content (AvgIpc) is 2.92. The van der Waals surface area contributed by atoms with Gasteiger partial charge < -0.3 is 34.6 Å². The Labute approximate surface area is 191 Å². The van der Waals surface area contributed by atoms with Crippen molar-refractivity contribution in [3.63, 3.8) is 0 Å². The molecule has 2 rings (SSSR count). The Kier molecular flexibility index (Phi) is 8.85. The van der Waals surface area contributed by atoms with Gasteiger partial charge in [0, 0.05) is 25.7 Å². The van der Waals surface area contributed by atoms with Crippen LogP contribution in [0.3, 0.4) is 0 Å². The van der Waals surface area contributed by atoms with E-state index in [0.717, 1.165) is 19.4 Å². The van der Waals surface area contributed by atoms with Crippen LogP contribution in [0.5, 0.6) is 0 Å². The predicted octanol–water partition coefficient (Wildman–Crippen LogP) is 1.69. The zero-order chi connectivity index (χ0) is 23.6. The molecule has 0 aromatic carbocycles. The molecule has 0 radical (unpaired) electrons. The fraction of sp³-hybridized carbons (Fsp3) is 0.812. The number of aromatic nitrogens is 2. The molecule has 0 saturated carbocycles. The maximum absolute atomic E-state index is 10.5. The number of rotatable bonds is 11. The first-order chi connectivity index (χ1) is 14.1. The van der Waals surface area contributed by atoms with E-state index in [0.29, 0.717) is 12.7 Å². The van der Waals surface area contributed by atoms with E-state index < -0.39 is 43.5 Å². The van der Waals surface area contributed by atoms with Crippen molar-refractivity contribution in [2.75, 3.05) is 6.61 Å². The molecule has 1 aromatic rings. The second-order valence-electron chi connectivity index (χ2n) is 9.08.